The lowest BCUT2D eigenvalue weighted by Crippen LogP contribution is -2.32. The van der Waals surface area contributed by atoms with Crippen molar-refractivity contribution in [2.45, 2.75) is 38.5 Å². The molecule has 4 heteroatoms. The third-order valence-corrected chi connectivity index (χ3v) is 4.84. The van der Waals surface area contributed by atoms with Crippen molar-refractivity contribution in [3.63, 3.8) is 0 Å². The number of amides is 1. The van der Waals surface area contributed by atoms with E-state index in [0.29, 0.717) is 5.91 Å². The van der Waals surface area contributed by atoms with Crippen LogP contribution in [0.15, 0.2) is 0 Å². The Kier molecular flexibility index (Phi) is 4.91. The highest BCUT2D eigenvalue weighted by molar-refractivity contribution is 5.85. The van der Waals surface area contributed by atoms with Gasteiger partial charge in [-0.25, -0.2) is 0 Å². The van der Waals surface area contributed by atoms with Crippen molar-refractivity contribution in [3.05, 3.63) is 0 Å². The molecule has 3 nitrogen and oxygen atoms in total. The fourth-order valence-electron chi connectivity index (χ4n) is 3.36. The molecule has 2 atom stereocenters. The second-order valence-corrected chi connectivity index (χ2v) is 6.12. The number of nitrogens with one attached hydrogen (secondary N) is 1. The Morgan fingerprint density at radius 2 is 1.67 bits per heavy atom. The maximum Gasteiger partial charge on any atom is 0.222 e. The predicted octanol–water partition coefficient (Wildman–Crippen LogP) is 2.06. The average Bonchev–Trinajstić information content (AvgIpc) is 3.10. The molecule has 3 fully saturated rings. The number of hydrogen-bond acceptors (Lipinski definition) is 2. The maximum atomic E-state index is 12.1. The van der Waals surface area contributed by atoms with Gasteiger partial charge < -0.3 is 10.2 Å². The van der Waals surface area contributed by atoms with Crippen LogP contribution >= 0.6 is 12.4 Å². The van der Waals surface area contributed by atoms with Gasteiger partial charge in [0.25, 0.3) is 0 Å². The summed E-state index contributed by atoms with van der Waals surface area (Å²) in [5.41, 5.74) is 0. The lowest BCUT2D eigenvalue weighted by Gasteiger charge is -2.20. The monoisotopic (exact) mass is 272 g/mol. The minimum atomic E-state index is 0. The maximum absolute atomic E-state index is 12.1. The fourth-order valence-corrected chi connectivity index (χ4v) is 3.36. The van der Waals surface area contributed by atoms with Gasteiger partial charge in [0.2, 0.25) is 5.91 Å². The summed E-state index contributed by atoms with van der Waals surface area (Å²) in [4.78, 5) is 14.3. The Labute approximate surface area is 116 Å². The summed E-state index contributed by atoms with van der Waals surface area (Å²) in [6, 6.07) is 0. The third kappa shape index (κ3) is 3.39. The lowest BCUT2D eigenvalue weighted by molar-refractivity contribution is -0.131. The summed E-state index contributed by atoms with van der Waals surface area (Å²) in [6.45, 7) is 4.36. The van der Waals surface area contributed by atoms with Crippen LogP contribution in [0.3, 0.4) is 0 Å². The zero-order valence-electron chi connectivity index (χ0n) is 11.1. The molecule has 2 aliphatic heterocycles. The molecule has 0 aromatic heterocycles. The molecule has 3 aliphatic rings. The summed E-state index contributed by atoms with van der Waals surface area (Å²) >= 11 is 0. The highest BCUT2D eigenvalue weighted by atomic mass is 35.5. The van der Waals surface area contributed by atoms with E-state index in [-0.39, 0.29) is 12.4 Å². The molecule has 0 unspecified atom stereocenters. The van der Waals surface area contributed by atoms with Crippen LogP contribution < -0.4 is 5.32 Å². The first-order chi connectivity index (χ1) is 8.33. The lowest BCUT2D eigenvalue weighted by atomic mass is 9.92. The highest BCUT2D eigenvalue weighted by Gasteiger charge is 2.31. The van der Waals surface area contributed by atoms with Crippen molar-refractivity contribution >= 4 is 18.3 Å². The quantitative estimate of drug-likeness (QED) is 0.853. The normalized spacial score (nSPS) is 31.4. The van der Waals surface area contributed by atoms with Crippen molar-refractivity contribution in [1.82, 2.24) is 10.2 Å². The minimum absolute atomic E-state index is 0. The smallest absolute Gasteiger partial charge is 0.222 e. The molecule has 2 heterocycles. The summed E-state index contributed by atoms with van der Waals surface area (Å²) in [6.07, 6.45) is 7.11. The van der Waals surface area contributed by atoms with Gasteiger partial charge in [-0.05, 0) is 50.1 Å². The SMILES string of the molecule is Cl.O=C(CCC1CC1)N1CC[C@@H]2CNC[C@@H]2CC1. The largest absolute Gasteiger partial charge is 0.343 e. The third-order valence-electron chi connectivity index (χ3n) is 4.84. The number of hydrogen-bond donors (Lipinski definition) is 1. The van der Waals surface area contributed by atoms with Gasteiger partial charge in [-0.15, -0.1) is 12.4 Å². The van der Waals surface area contributed by atoms with Crippen molar-refractivity contribution in [2.75, 3.05) is 26.2 Å². The van der Waals surface area contributed by atoms with E-state index in [1.807, 2.05) is 0 Å². The van der Waals surface area contributed by atoms with Gasteiger partial charge in [0.05, 0.1) is 0 Å². The topological polar surface area (TPSA) is 32.3 Å². The van der Waals surface area contributed by atoms with Gasteiger partial charge in [-0.2, -0.15) is 0 Å². The summed E-state index contributed by atoms with van der Waals surface area (Å²) < 4.78 is 0. The van der Waals surface area contributed by atoms with Crippen LogP contribution in [0.4, 0.5) is 0 Å². The van der Waals surface area contributed by atoms with E-state index in [1.165, 1.54) is 38.8 Å². The van der Waals surface area contributed by atoms with E-state index in [4.69, 9.17) is 0 Å². The van der Waals surface area contributed by atoms with Gasteiger partial charge in [0.15, 0.2) is 0 Å². The number of carbonyl (C=O) groups is 1. The summed E-state index contributed by atoms with van der Waals surface area (Å²) in [7, 11) is 0. The molecule has 0 radical (unpaired) electrons. The first kappa shape index (κ1) is 14.1. The average molecular weight is 273 g/mol. The standard InChI is InChI=1S/C14H24N2O.ClH/c17-14(4-3-11-1-2-11)16-7-5-12-9-15-10-13(12)6-8-16;/h11-13,15H,1-10H2;1H/t12-,13+;. The molecule has 104 valence electrons. The fraction of sp³-hybridized carbons (Fsp3) is 0.929. The first-order valence-electron chi connectivity index (χ1n) is 7.31. The van der Waals surface area contributed by atoms with E-state index in [0.717, 1.165) is 43.7 Å². The van der Waals surface area contributed by atoms with Gasteiger partial charge in [-0.1, -0.05) is 12.8 Å². The molecule has 2 saturated heterocycles. The number of halogens is 1. The second kappa shape index (κ2) is 6.25. The van der Waals surface area contributed by atoms with Gasteiger partial charge in [0.1, 0.15) is 0 Å². The molecule has 1 N–H and O–H groups in total. The van der Waals surface area contributed by atoms with Crippen LogP contribution in [0.5, 0.6) is 0 Å². The van der Waals surface area contributed by atoms with E-state index >= 15 is 0 Å². The van der Waals surface area contributed by atoms with Crippen molar-refractivity contribution < 1.29 is 4.79 Å². The number of carbonyl (C=O) groups excluding carboxylic acids is 1. The second-order valence-electron chi connectivity index (χ2n) is 6.12. The molecule has 0 aromatic carbocycles. The van der Waals surface area contributed by atoms with E-state index in [2.05, 4.69) is 10.2 Å². The van der Waals surface area contributed by atoms with E-state index < -0.39 is 0 Å². The van der Waals surface area contributed by atoms with Crippen LogP contribution in [-0.2, 0) is 4.79 Å². The van der Waals surface area contributed by atoms with Crippen molar-refractivity contribution in [2.24, 2.45) is 17.8 Å². The molecular formula is C14H25ClN2O. The molecule has 3 rings (SSSR count). The molecule has 1 aliphatic carbocycles. The zero-order chi connectivity index (χ0) is 11.7. The predicted molar refractivity (Wildman–Crippen MR) is 74.9 cm³/mol. The molecule has 0 aromatic rings. The molecule has 1 saturated carbocycles. The van der Waals surface area contributed by atoms with Crippen LogP contribution in [0.2, 0.25) is 0 Å². The molecule has 0 spiro atoms. The van der Waals surface area contributed by atoms with Gasteiger partial charge in [-0.3, -0.25) is 4.79 Å². The van der Waals surface area contributed by atoms with Crippen LogP contribution in [0.25, 0.3) is 0 Å². The van der Waals surface area contributed by atoms with Crippen molar-refractivity contribution in [3.8, 4) is 0 Å². The molecule has 1 amide bonds. The van der Waals surface area contributed by atoms with Crippen LogP contribution in [0, 0.1) is 17.8 Å². The Bertz CT molecular complexity index is 280. The Balaban J connectivity index is 0.00000120. The highest BCUT2D eigenvalue weighted by Crippen LogP contribution is 2.34. The zero-order valence-corrected chi connectivity index (χ0v) is 11.9. The number of fused-ring (bicyclic) bond motifs is 1. The Morgan fingerprint density at radius 3 is 2.22 bits per heavy atom. The van der Waals surface area contributed by atoms with Gasteiger partial charge in [0, 0.05) is 19.5 Å². The number of likely N-dealkylation sites (tertiary alicyclic amines) is 1. The van der Waals surface area contributed by atoms with Crippen molar-refractivity contribution in [1.29, 1.82) is 0 Å². The Hall–Kier alpha value is -0.280. The molecular weight excluding hydrogens is 248 g/mol. The Morgan fingerprint density at radius 1 is 1.06 bits per heavy atom. The van der Waals surface area contributed by atoms with Gasteiger partial charge >= 0.3 is 0 Å². The minimum Gasteiger partial charge on any atom is -0.343 e. The van der Waals surface area contributed by atoms with Crippen LogP contribution in [-0.4, -0.2) is 37.0 Å². The number of nitrogens with zero attached hydrogens (tertiary/aromatic N) is 1. The van der Waals surface area contributed by atoms with E-state index in [1.54, 1.807) is 0 Å². The molecule has 18 heavy (non-hydrogen) atoms. The van der Waals surface area contributed by atoms with E-state index in [9.17, 15) is 4.79 Å². The van der Waals surface area contributed by atoms with Crippen LogP contribution in [0.1, 0.15) is 38.5 Å². The first-order valence-corrected chi connectivity index (χ1v) is 7.31. The summed E-state index contributed by atoms with van der Waals surface area (Å²) in [5.74, 6) is 2.96. The number of rotatable bonds is 3. The summed E-state index contributed by atoms with van der Waals surface area (Å²) in [5, 5.41) is 3.48. The molecule has 0 bridgehead atoms.